The molecule has 7 nitrogen and oxygen atoms in total. The van der Waals surface area contributed by atoms with Crippen molar-refractivity contribution in [2.24, 2.45) is 0 Å². The van der Waals surface area contributed by atoms with Crippen LogP contribution in [0.3, 0.4) is 0 Å². The molecule has 1 atom stereocenters. The number of benzene rings is 3. The fourth-order valence-corrected chi connectivity index (χ4v) is 5.87. The van der Waals surface area contributed by atoms with Crippen LogP contribution in [0.2, 0.25) is 10.0 Å². The van der Waals surface area contributed by atoms with Gasteiger partial charge in [-0.1, -0.05) is 78.2 Å². The van der Waals surface area contributed by atoms with Crippen molar-refractivity contribution in [3.63, 3.8) is 0 Å². The lowest BCUT2D eigenvalue weighted by Gasteiger charge is -2.34. The van der Waals surface area contributed by atoms with Gasteiger partial charge in [0.05, 0.1) is 20.6 Å². The van der Waals surface area contributed by atoms with Crippen LogP contribution in [0.1, 0.15) is 45.2 Å². The van der Waals surface area contributed by atoms with Crippen LogP contribution in [-0.2, 0) is 26.2 Å². The number of nitrogens with zero attached hydrogens (tertiary/aromatic N) is 2. The topological polar surface area (TPSA) is 86.8 Å². The third kappa shape index (κ3) is 7.99. The number of carbonyl (C=O) groups is 2. The minimum Gasteiger partial charge on any atom is -0.350 e. The van der Waals surface area contributed by atoms with Gasteiger partial charge in [-0.2, -0.15) is 0 Å². The summed E-state index contributed by atoms with van der Waals surface area (Å²) in [6, 6.07) is 19.0. The summed E-state index contributed by atoms with van der Waals surface area (Å²) >= 11 is 12.3. The highest BCUT2D eigenvalue weighted by Crippen LogP contribution is 2.31. The highest BCUT2D eigenvalue weighted by molar-refractivity contribution is 7.92. The Morgan fingerprint density at radius 3 is 2.10 bits per heavy atom. The van der Waals surface area contributed by atoms with Crippen LogP contribution in [0, 0.1) is 6.92 Å². The Balaban J connectivity index is 2.08. The standard InChI is InChI=1S/C30H35Cl2N3O4S/c1-6-27(29(37)33-30(3,4)5)34(19-22-14-12-21(2)13-15-22)28(36)20-35(23-16-17-25(31)26(32)18-23)40(38,39)24-10-8-7-9-11-24/h7-18,27H,6,19-20H2,1-5H3,(H,33,37)/t27-/m0/s1. The Kier molecular flexibility index (Phi) is 10.3. The molecule has 0 aliphatic heterocycles. The molecule has 0 unspecified atom stereocenters. The SMILES string of the molecule is CC[C@@H](C(=O)NC(C)(C)C)N(Cc1ccc(C)cc1)C(=O)CN(c1ccc(Cl)c(Cl)c1)S(=O)(=O)c1ccccc1. The lowest BCUT2D eigenvalue weighted by Crippen LogP contribution is -2.55. The van der Waals surface area contributed by atoms with Crippen LogP contribution >= 0.6 is 23.2 Å². The molecule has 3 aromatic carbocycles. The molecule has 0 bridgehead atoms. The number of halogens is 2. The molecule has 0 saturated heterocycles. The Morgan fingerprint density at radius 1 is 0.925 bits per heavy atom. The summed E-state index contributed by atoms with van der Waals surface area (Å²) in [4.78, 5) is 28.9. The van der Waals surface area contributed by atoms with Crippen LogP contribution in [-0.4, -0.2) is 43.3 Å². The molecule has 3 aromatic rings. The number of rotatable bonds is 10. The van der Waals surface area contributed by atoms with Crippen molar-refractivity contribution >= 4 is 50.7 Å². The average molecular weight is 605 g/mol. The Morgan fingerprint density at radius 2 is 1.55 bits per heavy atom. The maximum absolute atomic E-state index is 14.1. The van der Waals surface area contributed by atoms with Gasteiger partial charge in [0.1, 0.15) is 12.6 Å². The molecule has 40 heavy (non-hydrogen) atoms. The molecule has 0 spiro atoms. The summed E-state index contributed by atoms with van der Waals surface area (Å²) in [7, 11) is -4.19. The van der Waals surface area contributed by atoms with E-state index in [1.54, 1.807) is 18.2 Å². The van der Waals surface area contributed by atoms with E-state index in [2.05, 4.69) is 5.32 Å². The summed E-state index contributed by atoms with van der Waals surface area (Å²) in [5.41, 5.74) is 1.52. The van der Waals surface area contributed by atoms with Gasteiger partial charge in [0.15, 0.2) is 0 Å². The molecule has 0 aromatic heterocycles. The normalized spacial score (nSPS) is 12.5. The van der Waals surface area contributed by atoms with Gasteiger partial charge in [0.2, 0.25) is 11.8 Å². The molecule has 0 saturated carbocycles. The van der Waals surface area contributed by atoms with Crippen LogP contribution < -0.4 is 9.62 Å². The number of amides is 2. The second-order valence-corrected chi connectivity index (χ2v) is 13.3. The smallest absolute Gasteiger partial charge is 0.264 e. The Hall–Kier alpha value is -3.07. The number of aryl methyl sites for hydroxylation is 1. The fourth-order valence-electron chi connectivity index (χ4n) is 4.15. The van der Waals surface area contributed by atoms with Crippen molar-refractivity contribution in [2.45, 2.75) is 64.1 Å². The predicted molar refractivity (Wildman–Crippen MR) is 161 cm³/mol. The molecule has 3 rings (SSSR count). The van der Waals surface area contributed by atoms with E-state index in [1.807, 2.05) is 58.9 Å². The zero-order chi connectivity index (χ0) is 29.7. The third-order valence-electron chi connectivity index (χ3n) is 6.16. The van der Waals surface area contributed by atoms with E-state index in [1.165, 1.54) is 35.2 Å². The van der Waals surface area contributed by atoms with E-state index < -0.39 is 34.1 Å². The lowest BCUT2D eigenvalue weighted by molar-refractivity contribution is -0.141. The average Bonchev–Trinajstić information content (AvgIpc) is 2.89. The summed E-state index contributed by atoms with van der Waals surface area (Å²) in [6.07, 6.45) is 0.331. The van der Waals surface area contributed by atoms with E-state index in [4.69, 9.17) is 23.2 Å². The quantitative estimate of drug-likeness (QED) is 0.298. The zero-order valence-electron chi connectivity index (χ0n) is 23.3. The molecule has 0 aliphatic rings. The van der Waals surface area contributed by atoms with E-state index >= 15 is 0 Å². The van der Waals surface area contributed by atoms with E-state index in [0.29, 0.717) is 6.42 Å². The molecule has 10 heteroatoms. The first-order valence-corrected chi connectivity index (χ1v) is 15.1. The molecule has 1 N–H and O–H groups in total. The minimum atomic E-state index is -4.19. The summed E-state index contributed by atoms with van der Waals surface area (Å²) in [5, 5.41) is 3.35. The molecule has 0 fully saturated rings. The Labute approximate surface area is 247 Å². The van der Waals surface area contributed by atoms with Crippen LogP contribution in [0.15, 0.2) is 77.7 Å². The van der Waals surface area contributed by atoms with E-state index in [9.17, 15) is 18.0 Å². The largest absolute Gasteiger partial charge is 0.350 e. The molecule has 2 amide bonds. The van der Waals surface area contributed by atoms with Gasteiger partial charge in [-0.3, -0.25) is 13.9 Å². The Bertz CT molecular complexity index is 1440. The zero-order valence-corrected chi connectivity index (χ0v) is 25.6. The summed E-state index contributed by atoms with van der Waals surface area (Å²) < 4.78 is 28.7. The van der Waals surface area contributed by atoms with Gasteiger partial charge < -0.3 is 10.2 Å². The fraction of sp³-hybridized carbons (Fsp3) is 0.333. The molecule has 0 heterocycles. The minimum absolute atomic E-state index is 0.0106. The lowest BCUT2D eigenvalue weighted by atomic mass is 10.1. The van der Waals surface area contributed by atoms with Crippen LogP contribution in [0.25, 0.3) is 0 Å². The maximum Gasteiger partial charge on any atom is 0.264 e. The maximum atomic E-state index is 14.1. The van der Waals surface area contributed by atoms with Crippen molar-refractivity contribution in [3.8, 4) is 0 Å². The number of hydrogen-bond donors (Lipinski definition) is 1. The van der Waals surface area contributed by atoms with Gasteiger partial charge in [0.25, 0.3) is 10.0 Å². The van der Waals surface area contributed by atoms with Crippen molar-refractivity contribution in [1.29, 1.82) is 0 Å². The number of nitrogens with one attached hydrogen (secondary N) is 1. The second-order valence-electron chi connectivity index (χ2n) is 10.6. The van der Waals surface area contributed by atoms with Crippen molar-refractivity contribution < 1.29 is 18.0 Å². The van der Waals surface area contributed by atoms with Crippen LogP contribution in [0.5, 0.6) is 0 Å². The van der Waals surface area contributed by atoms with Gasteiger partial charge in [-0.05, 0) is 70.0 Å². The van der Waals surface area contributed by atoms with Crippen molar-refractivity contribution in [2.75, 3.05) is 10.8 Å². The molecule has 0 radical (unpaired) electrons. The number of hydrogen-bond acceptors (Lipinski definition) is 4. The van der Waals surface area contributed by atoms with Gasteiger partial charge in [-0.15, -0.1) is 0 Å². The molecule has 0 aliphatic carbocycles. The van der Waals surface area contributed by atoms with Gasteiger partial charge >= 0.3 is 0 Å². The summed E-state index contributed by atoms with van der Waals surface area (Å²) in [6.45, 7) is 8.93. The second kappa shape index (κ2) is 13.1. The molecular weight excluding hydrogens is 569 g/mol. The van der Waals surface area contributed by atoms with Crippen molar-refractivity contribution in [1.82, 2.24) is 10.2 Å². The molecular formula is C30H35Cl2N3O4S. The number of anilines is 1. The highest BCUT2D eigenvalue weighted by Gasteiger charge is 2.34. The number of sulfonamides is 1. The van der Waals surface area contributed by atoms with E-state index in [-0.39, 0.29) is 33.1 Å². The first kappa shape index (κ1) is 31.5. The highest BCUT2D eigenvalue weighted by atomic mass is 35.5. The summed E-state index contributed by atoms with van der Waals surface area (Å²) in [5.74, 6) is -0.857. The first-order chi connectivity index (χ1) is 18.7. The van der Waals surface area contributed by atoms with Gasteiger partial charge in [-0.25, -0.2) is 8.42 Å². The first-order valence-electron chi connectivity index (χ1n) is 12.9. The number of carbonyl (C=O) groups excluding carboxylic acids is 2. The third-order valence-corrected chi connectivity index (χ3v) is 8.69. The molecule has 214 valence electrons. The monoisotopic (exact) mass is 603 g/mol. The van der Waals surface area contributed by atoms with E-state index in [0.717, 1.165) is 15.4 Å². The van der Waals surface area contributed by atoms with Crippen LogP contribution in [0.4, 0.5) is 5.69 Å². The predicted octanol–water partition coefficient (Wildman–Crippen LogP) is 6.22. The van der Waals surface area contributed by atoms with Crippen molar-refractivity contribution in [3.05, 3.63) is 94.0 Å². The van der Waals surface area contributed by atoms with Gasteiger partial charge in [0, 0.05) is 12.1 Å².